The van der Waals surface area contributed by atoms with Gasteiger partial charge in [-0.15, -0.1) is 0 Å². The molecular weight excluding hydrogens is 464 g/mol. The molecule has 11 nitrogen and oxygen atoms in total. The van der Waals surface area contributed by atoms with Crippen LogP contribution in [0.1, 0.15) is 15.9 Å². The standard InChI is InChI=1S/C22H20N4O7S/c1-32-21-6-4-3-5-19(21)25-34(30,31)17-11-12-18(20(13-17)26(28)29)24-23-14-15-7-9-16(10-8-15)22(27)33-2/h3-14,24-25H,1-2H3/b23-14+. The van der Waals surface area contributed by atoms with Crippen LogP contribution in [0.25, 0.3) is 0 Å². The van der Waals surface area contributed by atoms with Crippen LogP contribution in [0.3, 0.4) is 0 Å². The minimum atomic E-state index is -4.13. The highest BCUT2D eigenvalue weighted by Crippen LogP contribution is 2.30. The van der Waals surface area contributed by atoms with Gasteiger partial charge < -0.3 is 9.47 Å². The first-order chi connectivity index (χ1) is 16.2. The van der Waals surface area contributed by atoms with Crippen LogP contribution in [0, 0.1) is 10.1 Å². The van der Waals surface area contributed by atoms with E-state index in [2.05, 4.69) is 20.0 Å². The SMILES string of the molecule is COC(=O)c1ccc(/C=N/Nc2ccc(S(=O)(=O)Nc3ccccc3OC)cc2[N+](=O)[O-])cc1. The fraction of sp³-hybridized carbons (Fsp3) is 0.0909. The second kappa shape index (κ2) is 10.4. The second-order valence-corrected chi connectivity index (χ2v) is 8.41. The number of benzene rings is 3. The van der Waals surface area contributed by atoms with E-state index in [0.29, 0.717) is 16.9 Å². The van der Waals surface area contributed by atoms with E-state index in [-0.39, 0.29) is 16.3 Å². The molecule has 3 aromatic carbocycles. The molecule has 0 aliphatic rings. The van der Waals surface area contributed by atoms with E-state index in [1.165, 1.54) is 38.6 Å². The minimum Gasteiger partial charge on any atom is -0.495 e. The molecule has 34 heavy (non-hydrogen) atoms. The normalized spacial score (nSPS) is 11.1. The summed E-state index contributed by atoms with van der Waals surface area (Å²) in [7, 11) is -1.46. The van der Waals surface area contributed by atoms with Crippen molar-refractivity contribution < 1.29 is 27.6 Å². The Morgan fingerprint density at radius 2 is 1.74 bits per heavy atom. The Morgan fingerprint density at radius 3 is 2.38 bits per heavy atom. The van der Waals surface area contributed by atoms with Gasteiger partial charge in [0.15, 0.2) is 0 Å². The number of carbonyl (C=O) groups is 1. The van der Waals surface area contributed by atoms with Gasteiger partial charge in [-0.05, 0) is 42.0 Å². The molecule has 0 aromatic heterocycles. The molecule has 3 aromatic rings. The molecular formula is C22H20N4O7S. The average Bonchev–Trinajstić information content (AvgIpc) is 2.84. The van der Waals surface area contributed by atoms with Crippen molar-refractivity contribution in [3.63, 3.8) is 0 Å². The third-order valence-electron chi connectivity index (χ3n) is 4.56. The van der Waals surface area contributed by atoms with Gasteiger partial charge in [-0.1, -0.05) is 24.3 Å². The lowest BCUT2D eigenvalue weighted by molar-refractivity contribution is -0.384. The van der Waals surface area contributed by atoms with E-state index < -0.39 is 26.6 Å². The number of carbonyl (C=O) groups excluding carboxylic acids is 1. The molecule has 2 N–H and O–H groups in total. The van der Waals surface area contributed by atoms with Crippen LogP contribution in [-0.2, 0) is 14.8 Å². The van der Waals surface area contributed by atoms with Gasteiger partial charge >= 0.3 is 5.97 Å². The predicted octanol–water partition coefficient (Wildman–Crippen LogP) is 3.64. The first-order valence-corrected chi connectivity index (χ1v) is 11.1. The van der Waals surface area contributed by atoms with Crippen molar-refractivity contribution >= 4 is 39.3 Å². The molecule has 0 atom stereocenters. The van der Waals surface area contributed by atoms with Gasteiger partial charge in [0.25, 0.3) is 15.7 Å². The third kappa shape index (κ3) is 5.66. The quantitative estimate of drug-likeness (QED) is 0.202. The topological polar surface area (TPSA) is 149 Å². The Morgan fingerprint density at radius 1 is 1.03 bits per heavy atom. The van der Waals surface area contributed by atoms with Crippen LogP contribution < -0.4 is 14.9 Å². The second-order valence-electron chi connectivity index (χ2n) is 6.73. The van der Waals surface area contributed by atoms with Crippen molar-refractivity contribution in [2.24, 2.45) is 5.10 Å². The van der Waals surface area contributed by atoms with E-state index in [4.69, 9.17) is 4.74 Å². The summed E-state index contributed by atoms with van der Waals surface area (Å²) in [6.07, 6.45) is 1.39. The third-order valence-corrected chi connectivity index (χ3v) is 5.92. The number of hydrazone groups is 1. The number of nitrogens with one attached hydrogen (secondary N) is 2. The van der Waals surface area contributed by atoms with E-state index in [1.807, 2.05) is 0 Å². The summed E-state index contributed by atoms with van der Waals surface area (Å²) in [6.45, 7) is 0. The predicted molar refractivity (Wildman–Crippen MR) is 126 cm³/mol. The van der Waals surface area contributed by atoms with Crippen molar-refractivity contribution in [2.45, 2.75) is 4.90 Å². The molecule has 0 saturated carbocycles. The Bertz CT molecular complexity index is 1340. The molecule has 0 amide bonds. The number of anilines is 2. The van der Waals surface area contributed by atoms with Crippen LogP contribution in [0.15, 0.2) is 76.7 Å². The first kappa shape index (κ1) is 24.2. The molecule has 0 aliphatic heterocycles. The molecule has 0 spiro atoms. The number of methoxy groups -OCH3 is 2. The average molecular weight is 484 g/mol. The molecule has 0 saturated heterocycles. The lowest BCUT2D eigenvalue weighted by Gasteiger charge is -2.12. The molecule has 12 heteroatoms. The zero-order valence-electron chi connectivity index (χ0n) is 18.1. The van der Waals surface area contributed by atoms with E-state index in [0.717, 1.165) is 6.07 Å². The first-order valence-electron chi connectivity index (χ1n) is 9.67. The molecule has 0 unspecified atom stereocenters. The Labute approximate surface area is 195 Å². The van der Waals surface area contributed by atoms with Gasteiger partial charge in [-0.2, -0.15) is 5.10 Å². The summed E-state index contributed by atoms with van der Waals surface area (Å²) in [5.74, 6) is -0.180. The molecule has 176 valence electrons. The Balaban J connectivity index is 1.80. The summed E-state index contributed by atoms with van der Waals surface area (Å²) in [5, 5.41) is 15.5. The molecule has 0 bridgehead atoms. The van der Waals surface area contributed by atoms with Gasteiger partial charge in [-0.3, -0.25) is 20.3 Å². The minimum absolute atomic E-state index is 0.0105. The zero-order chi connectivity index (χ0) is 24.7. The van der Waals surface area contributed by atoms with E-state index >= 15 is 0 Å². The summed E-state index contributed by atoms with van der Waals surface area (Å²) in [4.78, 5) is 22.0. The smallest absolute Gasteiger partial charge is 0.337 e. The van der Waals surface area contributed by atoms with E-state index in [9.17, 15) is 23.3 Å². The maximum atomic E-state index is 12.8. The Kier molecular flexibility index (Phi) is 7.43. The maximum Gasteiger partial charge on any atom is 0.337 e. The monoisotopic (exact) mass is 484 g/mol. The summed E-state index contributed by atoms with van der Waals surface area (Å²) >= 11 is 0. The molecule has 0 aliphatic carbocycles. The Hall–Kier alpha value is -4.45. The summed E-state index contributed by atoms with van der Waals surface area (Å²) in [6, 6.07) is 16.1. The number of nitro benzene ring substituents is 1. The number of nitrogens with zero attached hydrogens (tertiary/aromatic N) is 2. The lowest BCUT2D eigenvalue weighted by atomic mass is 10.1. The van der Waals surface area contributed by atoms with E-state index in [1.54, 1.807) is 42.5 Å². The highest BCUT2D eigenvalue weighted by atomic mass is 32.2. The van der Waals surface area contributed by atoms with Crippen molar-refractivity contribution in [1.82, 2.24) is 0 Å². The van der Waals surface area contributed by atoms with Crippen LogP contribution in [0.5, 0.6) is 5.75 Å². The number of esters is 1. The van der Waals surface area contributed by atoms with Crippen LogP contribution >= 0.6 is 0 Å². The van der Waals surface area contributed by atoms with Gasteiger partial charge in [0.05, 0.1) is 41.5 Å². The van der Waals surface area contributed by atoms with Crippen molar-refractivity contribution in [1.29, 1.82) is 0 Å². The molecule has 0 radical (unpaired) electrons. The highest BCUT2D eigenvalue weighted by Gasteiger charge is 2.22. The van der Waals surface area contributed by atoms with Gasteiger partial charge in [0.2, 0.25) is 0 Å². The fourth-order valence-electron chi connectivity index (χ4n) is 2.86. The number of para-hydroxylation sites is 2. The number of ether oxygens (including phenoxy) is 2. The number of hydrogen-bond acceptors (Lipinski definition) is 9. The maximum absolute atomic E-state index is 12.8. The molecule has 3 rings (SSSR count). The number of sulfonamides is 1. The summed E-state index contributed by atoms with van der Waals surface area (Å²) < 4.78 is 37.7. The number of nitro groups is 1. The fourth-order valence-corrected chi connectivity index (χ4v) is 3.95. The van der Waals surface area contributed by atoms with Crippen molar-refractivity contribution in [2.75, 3.05) is 24.4 Å². The van der Waals surface area contributed by atoms with Crippen molar-refractivity contribution in [3.8, 4) is 5.75 Å². The summed E-state index contributed by atoms with van der Waals surface area (Å²) in [5.41, 5.74) is 3.21. The number of rotatable bonds is 9. The number of hydrogen-bond donors (Lipinski definition) is 2. The zero-order valence-corrected chi connectivity index (χ0v) is 18.9. The molecule has 0 heterocycles. The van der Waals surface area contributed by atoms with Crippen molar-refractivity contribution in [3.05, 3.63) is 88.0 Å². The van der Waals surface area contributed by atoms with Gasteiger partial charge in [0.1, 0.15) is 11.4 Å². The van der Waals surface area contributed by atoms with Crippen LogP contribution in [0.4, 0.5) is 17.1 Å². The molecule has 0 fully saturated rings. The van der Waals surface area contributed by atoms with Gasteiger partial charge in [-0.25, -0.2) is 13.2 Å². The highest BCUT2D eigenvalue weighted by molar-refractivity contribution is 7.92. The lowest BCUT2D eigenvalue weighted by Crippen LogP contribution is -2.14. The van der Waals surface area contributed by atoms with Gasteiger partial charge in [0, 0.05) is 6.07 Å². The largest absolute Gasteiger partial charge is 0.495 e. The van der Waals surface area contributed by atoms with Crippen LogP contribution in [0.2, 0.25) is 0 Å². The van der Waals surface area contributed by atoms with Crippen LogP contribution in [-0.4, -0.2) is 39.7 Å².